The Morgan fingerprint density at radius 2 is 2.11 bits per heavy atom. The molecule has 1 rings (SSSR count). The third-order valence-electron chi connectivity index (χ3n) is 2.52. The van der Waals surface area contributed by atoms with Gasteiger partial charge in [0, 0.05) is 11.0 Å². The molecule has 100 valence electrons. The Balaban J connectivity index is 2.91. The lowest BCUT2D eigenvalue weighted by Gasteiger charge is -2.03. The summed E-state index contributed by atoms with van der Waals surface area (Å²) in [6, 6.07) is 3.26. The summed E-state index contributed by atoms with van der Waals surface area (Å²) >= 11 is 1.19. The summed E-state index contributed by atoms with van der Waals surface area (Å²) in [6.07, 6.45) is -3.84. The van der Waals surface area contributed by atoms with Crippen LogP contribution in [0.15, 0.2) is 18.2 Å². The number of aliphatic hydroxyl groups excluding tert-OH is 1. The summed E-state index contributed by atoms with van der Waals surface area (Å²) in [7, 11) is 0. The first-order valence-corrected chi connectivity index (χ1v) is 6.19. The molecule has 0 aliphatic rings. The normalized spacial score (nSPS) is 14.6. The van der Waals surface area contributed by atoms with Crippen LogP contribution in [0.4, 0.5) is 13.2 Å². The number of halogens is 3. The van der Waals surface area contributed by atoms with E-state index in [1.54, 1.807) is 6.07 Å². The number of carbonyl (C=O) groups is 1. The lowest BCUT2D eigenvalue weighted by Crippen LogP contribution is -2.20. The van der Waals surface area contributed by atoms with Gasteiger partial charge in [0.05, 0.1) is 4.88 Å². The van der Waals surface area contributed by atoms with Gasteiger partial charge in [0.25, 0.3) is 5.78 Å². The third kappa shape index (κ3) is 3.60. The number of hydrogen-bond acceptors (Lipinski definition) is 3. The number of aliphatic hydroxyl groups is 1. The first kappa shape index (κ1) is 14.8. The van der Waals surface area contributed by atoms with Gasteiger partial charge in [0.2, 0.25) is 0 Å². The van der Waals surface area contributed by atoms with Crippen LogP contribution < -0.4 is 0 Å². The van der Waals surface area contributed by atoms with Crippen LogP contribution in [-0.4, -0.2) is 17.1 Å². The van der Waals surface area contributed by atoms with Gasteiger partial charge in [-0.15, -0.1) is 11.3 Å². The van der Waals surface area contributed by atoms with Gasteiger partial charge in [0.1, 0.15) is 5.76 Å². The van der Waals surface area contributed by atoms with Crippen molar-refractivity contribution < 1.29 is 23.1 Å². The molecule has 6 heteroatoms. The molecule has 1 aromatic heterocycles. The van der Waals surface area contributed by atoms with Crippen molar-refractivity contribution in [2.24, 2.45) is 0 Å². The molecule has 0 aromatic carbocycles. The monoisotopic (exact) mass is 278 g/mol. The van der Waals surface area contributed by atoms with Gasteiger partial charge in [-0.05, 0) is 24.5 Å². The Labute approximate surface area is 107 Å². The largest absolute Gasteiger partial charge is 0.506 e. The van der Waals surface area contributed by atoms with Crippen LogP contribution >= 0.6 is 11.3 Å². The van der Waals surface area contributed by atoms with Crippen molar-refractivity contribution in [3.05, 3.63) is 28.0 Å². The highest BCUT2D eigenvalue weighted by Gasteiger charge is 2.37. The molecule has 0 bridgehead atoms. The topological polar surface area (TPSA) is 37.3 Å². The number of carbonyl (C=O) groups excluding carboxylic acids is 1. The van der Waals surface area contributed by atoms with E-state index in [2.05, 4.69) is 0 Å². The molecule has 0 spiro atoms. The molecule has 1 N–H and O–H groups in total. The first-order chi connectivity index (χ1) is 8.25. The average Bonchev–Trinajstić information content (AvgIpc) is 2.75. The minimum Gasteiger partial charge on any atom is -0.506 e. The Hall–Kier alpha value is -1.30. The Morgan fingerprint density at radius 1 is 1.50 bits per heavy atom. The van der Waals surface area contributed by atoms with Crippen LogP contribution in [0.1, 0.15) is 35.9 Å². The predicted octanol–water partition coefficient (Wildman–Crippen LogP) is 4.29. The van der Waals surface area contributed by atoms with Crippen LogP contribution in [0.5, 0.6) is 0 Å². The second kappa shape index (κ2) is 5.56. The fourth-order valence-electron chi connectivity index (χ4n) is 1.23. The lowest BCUT2D eigenvalue weighted by atomic mass is 10.1. The standard InChI is InChI=1S/C12H13F3O2S/c1-3-7(2)9-4-5-10(18-9)8(16)6-11(17)12(13,14)15/h4-7,16H,3H2,1-2H3. The van der Waals surface area contributed by atoms with Crippen molar-refractivity contribution in [2.45, 2.75) is 32.4 Å². The smallest absolute Gasteiger partial charge is 0.454 e. The molecular weight excluding hydrogens is 265 g/mol. The highest BCUT2D eigenvalue weighted by molar-refractivity contribution is 7.13. The molecule has 0 saturated heterocycles. The lowest BCUT2D eigenvalue weighted by molar-refractivity contribution is -0.165. The van der Waals surface area contributed by atoms with Crippen LogP contribution in [0.3, 0.4) is 0 Å². The Kier molecular flexibility index (Phi) is 4.56. The van der Waals surface area contributed by atoms with Gasteiger partial charge < -0.3 is 5.11 Å². The van der Waals surface area contributed by atoms with Crippen LogP contribution in [0.25, 0.3) is 5.76 Å². The van der Waals surface area contributed by atoms with Gasteiger partial charge in [0.15, 0.2) is 0 Å². The van der Waals surface area contributed by atoms with Crippen molar-refractivity contribution in [2.75, 3.05) is 0 Å². The fraction of sp³-hybridized carbons (Fsp3) is 0.417. The summed E-state index contributed by atoms with van der Waals surface area (Å²) < 4.78 is 36.0. The van der Waals surface area contributed by atoms with Crippen molar-refractivity contribution in [3.8, 4) is 0 Å². The van der Waals surface area contributed by atoms with E-state index in [-0.39, 0.29) is 16.9 Å². The molecule has 0 aliphatic carbocycles. The summed E-state index contributed by atoms with van der Waals surface area (Å²) in [6.45, 7) is 3.98. The molecular formula is C12H13F3O2S. The number of rotatable bonds is 4. The zero-order valence-corrected chi connectivity index (χ0v) is 10.7. The van der Waals surface area contributed by atoms with Gasteiger partial charge >= 0.3 is 6.18 Å². The highest BCUT2D eigenvalue weighted by Crippen LogP contribution is 2.30. The maximum Gasteiger partial charge on any atom is 0.454 e. The van der Waals surface area contributed by atoms with E-state index in [1.165, 1.54) is 17.4 Å². The van der Waals surface area contributed by atoms with E-state index in [4.69, 9.17) is 0 Å². The Bertz CT molecular complexity index is 460. The predicted molar refractivity (Wildman–Crippen MR) is 64.7 cm³/mol. The highest BCUT2D eigenvalue weighted by atomic mass is 32.1. The van der Waals surface area contributed by atoms with E-state index in [9.17, 15) is 23.1 Å². The molecule has 0 saturated carbocycles. The molecule has 0 radical (unpaired) electrons. The van der Waals surface area contributed by atoms with E-state index in [0.717, 1.165) is 11.3 Å². The molecule has 1 atom stereocenters. The van der Waals surface area contributed by atoms with Crippen molar-refractivity contribution in [1.82, 2.24) is 0 Å². The summed E-state index contributed by atoms with van der Waals surface area (Å²) in [5.41, 5.74) is 0. The number of allylic oxidation sites excluding steroid dienone is 1. The van der Waals surface area contributed by atoms with Crippen LogP contribution in [0.2, 0.25) is 0 Å². The number of thiophene rings is 1. The minimum absolute atomic E-state index is 0.215. The van der Waals surface area contributed by atoms with Crippen molar-refractivity contribution in [3.63, 3.8) is 0 Å². The van der Waals surface area contributed by atoms with Gasteiger partial charge in [-0.3, -0.25) is 4.79 Å². The van der Waals surface area contributed by atoms with Crippen LogP contribution in [0, 0.1) is 0 Å². The molecule has 1 unspecified atom stereocenters. The molecule has 0 amide bonds. The summed E-state index contributed by atoms with van der Waals surface area (Å²) in [5.74, 6) is -2.43. The molecule has 18 heavy (non-hydrogen) atoms. The fourth-order valence-corrected chi connectivity index (χ4v) is 2.29. The van der Waals surface area contributed by atoms with E-state index >= 15 is 0 Å². The maximum absolute atomic E-state index is 12.0. The van der Waals surface area contributed by atoms with E-state index < -0.39 is 17.7 Å². The number of hydrogen-bond donors (Lipinski definition) is 1. The molecule has 0 fully saturated rings. The van der Waals surface area contributed by atoms with Gasteiger partial charge in [-0.2, -0.15) is 13.2 Å². The van der Waals surface area contributed by atoms with Crippen molar-refractivity contribution >= 4 is 22.9 Å². The SMILES string of the molecule is CCC(C)c1ccc(C(O)=CC(=O)C(F)(F)F)s1. The number of ketones is 1. The third-order valence-corrected chi connectivity index (χ3v) is 3.86. The summed E-state index contributed by atoms with van der Waals surface area (Å²) in [5, 5.41) is 9.47. The zero-order chi connectivity index (χ0) is 13.9. The quantitative estimate of drug-likeness (QED) is 0.659. The average molecular weight is 278 g/mol. The Morgan fingerprint density at radius 3 is 2.61 bits per heavy atom. The van der Waals surface area contributed by atoms with Crippen LogP contribution in [-0.2, 0) is 4.79 Å². The van der Waals surface area contributed by atoms with Gasteiger partial charge in [-0.1, -0.05) is 13.8 Å². The molecule has 1 aromatic rings. The molecule has 2 nitrogen and oxygen atoms in total. The minimum atomic E-state index is -4.95. The zero-order valence-electron chi connectivity index (χ0n) is 9.91. The summed E-state index contributed by atoms with van der Waals surface area (Å²) in [4.78, 5) is 11.9. The molecule has 0 aliphatic heterocycles. The number of alkyl halides is 3. The first-order valence-electron chi connectivity index (χ1n) is 5.37. The van der Waals surface area contributed by atoms with E-state index in [1.807, 2.05) is 13.8 Å². The maximum atomic E-state index is 12.0. The molecule has 1 heterocycles. The van der Waals surface area contributed by atoms with Crippen molar-refractivity contribution in [1.29, 1.82) is 0 Å². The second-order valence-electron chi connectivity index (χ2n) is 3.90. The van der Waals surface area contributed by atoms with E-state index in [0.29, 0.717) is 0 Å². The van der Waals surface area contributed by atoms with Gasteiger partial charge in [-0.25, -0.2) is 0 Å². The second-order valence-corrected chi connectivity index (χ2v) is 5.02.